The SMILES string of the molecule is Cl.Cl.O=C(NCc1ccccc1Cn1cncn1)[C@H]1C[C@@H](O)CN1. The third-order valence-electron chi connectivity index (χ3n) is 3.79. The Bertz CT molecular complexity index is 639. The second-order valence-corrected chi connectivity index (χ2v) is 5.43. The van der Waals surface area contributed by atoms with Crippen LogP contribution in [0.2, 0.25) is 0 Å². The predicted octanol–water partition coefficient (Wildman–Crippen LogP) is 0.509. The van der Waals surface area contributed by atoms with Crippen LogP contribution < -0.4 is 10.6 Å². The number of rotatable bonds is 5. The smallest absolute Gasteiger partial charge is 0.237 e. The maximum absolute atomic E-state index is 12.1. The fourth-order valence-electron chi connectivity index (χ4n) is 2.60. The Balaban J connectivity index is 0.00000144. The molecule has 1 aromatic carbocycles. The summed E-state index contributed by atoms with van der Waals surface area (Å²) in [4.78, 5) is 16.0. The number of aromatic nitrogens is 3. The lowest BCUT2D eigenvalue weighted by atomic mass is 10.1. The topological polar surface area (TPSA) is 92.1 Å². The molecule has 1 aromatic heterocycles. The molecule has 7 nitrogen and oxygen atoms in total. The Morgan fingerprint density at radius 2 is 2.08 bits per heavy atom. The van der Waals surface area contributed by atoms with Crippen LogP contribution in [0.3, 0.4) is 0 Å². The molecule has 1 aliphatic heterocycles. The van der Waals surface area contributed by atoms with E-state index >= 15 is 0 Å². The van der Waals surface area contributed by atoms with Crippen LogP contribution in [0.4, 0.5) is 0 Å². The van der Waals surface area contributed by atoms with Crippen LogP contribution in [0.25, 0.3) is 0 Å². The van der Waals surface area contributed by atoms with Gasteiger partial charge >= 0.3 is 0 Å². The van der Waals surface area contributed by atoms with Crippen molar-refractivity contribution in [1.82, 2.24) is 25.4 Å². The second kappa shape index (κ2) is 9.58. The highest BCUT2D eigenvalue weighted by atomic mass is 35.5. The van der Waals surface area contributed by atoms with Crippen molar-refractivity contribution in [2.75, 3.05) is 6.54 Å². The monoisotopic (exact) mass is 373 g/mol. The van der Waals surface area contributed by atoms with Gasteiger partial charge in [-0.3, -0.25) is 4.79 Å². The van der Waals surface area contributed by atoms with Gasteiger partial charge in [0.1, 0.15) is 12.7 Å². The molecule has 1 fully saturated rings. The van der Waals surface area contributed by atoms with E-state index in [-0.39, 0.29) is 36.8 Å². The Kier molecular flexibility index (Phi) is 8.14. The van der Waals surface area contributed by atoms with Crippen molar-refractivity contribution in [2.45, 2.75) is 31.7 Å². The van der Waals surface area contributed by atoms with E-state index in [9.17, 15) is 9.90 Å². The number of amides is 1. The maximum atomic E-state index is 12.1. The van der Waals surface area contributed by atoms with Crippen molar-refractivity contribution in [3.05, 3.63) is 48.0 Å². The fourth-order valence-corrected chi connectivity index (χ4v) is 2.60. The number of hydrogen-bond acceptors (Lipinski definition) is 5. The van der Waals surface area contributed by atoms with Crippen LogP contribution in [0.1, 0.15) is 17.5 Å². The summed E-state index contributed by atoms with van der Waals surface area (Å²) in [6, 6.07) is 7.61. The number of carbonyl (C=O) groups is 1. The molecular weight excluding hydrogens is 353 g/mol. The van der Waals surface area contributed by atoms with Crippen molar-refractivity contribution in [3.8, 4) is 0 Å². The molecule has 1 aliphatic rings. The van der Waals surface area contributed by atoms with E-state index in [0.29, 0.717) is 26.1 Å². The number of carbonyl (C=O) groups excluding carboxylic acids is 1. The van der Waals surface area contributed by atoms with E-state index in [0.717, 1.165) is 11.1 Å². The molecule has 0 radical (unpaired) electrons. The highest BCUT2D eigenvalue weighted by Gasteiger charge is 2.27. The molecule has 3 N–H and O–H groups in total. The number of β-amino-alcohol motifs (C(OH)–C–C–N with tert-alkyl or cyclic N) is 1. The molecule has 2 aromatic rings. The number of nitrogens with one attached hydrogen (secondary N) is 2. The Morgan fingerprint density at radius 1 is 1.33 bits per heavy atom. The average molecular weight is 374 g/mol. The lowest BCUT2D eigenvalue weighted by Gasteiger charge is -2.13. The third-order valence-corrected chi connectivity index (χ3v) is 3.79. The predicted molar refractivity (Wildman–Crippen MR) is 94.3 cm³/mol. The minimum Gasteiger partial charge on any atom is -0.392 e. The number of hydrogen-bond donors (Lipinski definition) is 3. The standard InChI is InChI=1S/C15H19N5O2.2ClH/c21-13-5-14(17-7-13)15(22)18-6-11-3-1-2-4-12(11)8-20-10-16-9-19-20;;/h1-4,9-10,13-14,17,21H,5-8H2,(H,18,22);2*1H/t13-,14-;;/m1../s1. The van der Waals surface area contributed by atoms with Gasteiger partial charge in [-0.05, 0) is 17.5 Å². The summed E-state index contributed by atoms with van der Waals surface area (Å²) in [5, 5.41) is 19.5. The van der Waals surface area contributed by atoms with E-state index in [1.807, 2.05) is 24.3 Å². The number of nitrogens with zero attached hydrogens (tertiary/aromatic N) is 3. The van der Waals surface area contributed by atoms with Gasteiger partial charge < -0.3 is 15.7 Å². The zero-order valence-corrected chi connectivity index (χ0v) is 14.6. The maximum Gasteiger partial charge on any atom is 0.237 e. The van der Waals surface area contributed by atoms with Gasteiger partial charge in [-0.25, -0.2) is 9.67 Å². The van der Waals surface area contributed by atoms with Gasteiger partial charge in [-0.2, -0.15) is 5.10 Å². The van der Waals surface area contributed by atoms with Crippen LogP contribution in [0, 0.1) is 0 Å². The number of aliphatic hydroxyl groups excluding tert-OH is 1. The first-order chi connectivity index (χ1) is 10.7. The van der Waals surface area contributed by atoms with Crippen LogP contribution in [0.15, 0.2) is 36.9 Å². The van der Waals surface area contributed by atoms with Crippen LogP contribution in [-0.2, 0) is 17.9 Å². The normalized spacial score (nSPS) is 19.2. The molecule has 0 aliphatic carbocycles. The number of aliphatic hydroxyl groups is 1. The molecule has 0 unspecified atom stereocenters. The van der Waals surface area contributed by atoms with Crippen molar-refractivity contribution < 1.29 is 9.90 Å². The first-order valence-electron chi connectivity index (χ1n) is 7.31. The van der Waals surface area contributed by atoms with Gasteiger partial charge in [-0.1, -0.05) is 24.3 Å². The minimum absolute atomic E-state index is 0. The van der Waals surface area contributed by atoms with E-state index < -0.39 is 6.10 Å². The molecule has 0 saturated carbocycles. The lowest BCUT2D eigenvalue weighted by molar-refractivity contribution is -0.123. The Labute approximate surface area is 152 Å². The summed E-state index contributed by atoms with van der Waals surface area (Å²) in [6.45, 7) is 1.55. The summed E-state index contributed by atoms with van der Waals surface area (Å²) < 4.78 is 1.75. The summed E-state index contributed by atoms with van der Waals surface area (Å²) >= 11 is 0. The molecule has 24 heavy (non-hydrogen) atoms. The highest BCUT2D eigenvalue weighted by Crippen LogP contribution is 2.11. The Hall–Kier alpha value is -1.67. The lowest BCUT2D eigenvalue weighted by Crippen LogP contribution is -2.40. The van der Waals surface area contributed by atoms with Crippen molar-refractivity contribution >= 4 is 30.7 Å². The van der Waals surface area contributed by atoms with Gasteiger partial charge in [0.2, 0.25) is 5.91 Å². The molecule has 2 atom stereocenters. The molecule has 0 bridgehead atoms. The second-order valence-electron chi connectivity index (χ2n) is 5.43. The molecule has 0 spiro atoms. The average Bonchev–Trinajstić information content (AvgIpc) is 3.18. The Morgan fingerprint density at radius 3 is 2.71 bits per heavy atom. The highest BCUT2D eigenvalue weighted by molar-refractivity contribution is 5.85. The summed E-state index contributed by atoms with van der Waals surface area (Å²) in [6.07, 6.45) is 3.20. The molecule has 3 rings (SSSR count). The largest absolute Gasteiger partial charge is 0.392 e. The zero-order valence-electron chi connectivity index (χ0n) is 13.0. The van der Waals surface area contributed by atoms with E-state index in [2.05, 4.69) is 20.7 Å². The van der Waals surface area contributed by atoms with Gasteiger partial charge in [-0.15, -0.1) is 24.8 Å². The first kappa shape index (κ1) is 20.4. The van der Waals surface area contributed by atoms with Crippen LogP contribution in [-0.4, -0.2) is 44.5 Å². The van der Waals surface area contributed by atoms with E-state index in [1.54, 1.807) is 11.0 Å². The quantitative estimate of drug-likeness (QED) is 0.709. The summed E-state index contributed by atoms with van der Waals surface area (Å²) in [5.74, 6) is -0.0768. The van der Waals surface area contributed by atoms with Crippen LogP contribution in [0.5, 0.6) is 0 Å². The van der Waals surface area contributed by atoms with Crippen molar-refractivity contribution in [2.24, 2.45) is 0 Å². The van der Waals surface area contributed by atoms with Gasteiger partial charge in [0.25, 0.3) is 0 Å². The third kappa shape index (κ3) is 5.17. The molecule has 132 valence electrons. The van der Waals surface area contributed by atoms with Crippen molar-refractivity contribution in [3.63, 3.8) is 0 Å². The minimum atomic E-state index is -0.435. The first-order valence-corrected chi connectivity index (χ1v) is 7.31. The molecule has 9 heteroatoms. The van der Waals surface area contributed by atoms with E-state index in [4.69, 9.17) is 0 Å². The van der Waals surface area contributed by atoms with Crippen LogP contribution >= 0.6 is 24.8 Å². The van der Waals surface area contributed by atoms with Gasteiger partial charge in [0.15, 0.2) is 0 Å². The molecular formula is C15H21Cl2N5O2. The summed E-state index contributed by atoms with van der Waals surface area (Å²) in [7, 11) is 0. The molecule has 1 saturated heterocycles. The van der Waals surface area contributed by atoms with Gasteiger partial charge in [0.05, 0.1) is 18.7 Å². The molecule has 2 heterocycles. The fraction of sp³-hybridized carbons (Fsp3) is 0.400. The van der Waals surface area contributed by atoms with E-state index in [1.165, 1.54) is 6.33 Å². The zero-order chi connectivity index (χ0) is 15.4. The number of halogens is 2. The molecule has 1 amide bonds. The number of benzene rings is 1. The summed E-state index contributed by atoms with van der Waals surface area (Å²) in [5.41, 5.74) is 2.14. The van der Waals surface area contributed by atoms with Crippen molar-refractivity contribution in [1.29, 1.82) is 0 Å². The van der Waals surface area contributed by atoms with Gasteiger partial charge in [0, 0.05) is 13.1 Å².